The number of methoxy groups -OCH3 is 1. The van der Waals surface area contributed by atoms with Gasteiger partial charge in [-0.2, -0.15) is 0 Å². The third-order valence-electron chi connectivity index (χ3n) is 5.49. The number of carbonyl (C=O) groups is 1. The molecular weight excluding hydrogens is 328 g/mol. The lowest BCUT2D eigenvalue weighted by Gasteiger charge is -2.38. The summed E-state index contributed by atoms with van der Waals surface area (Å²) in [4.78, 5) is 21.9. The van der Waals surface area contributed by atoms with E-state index in [9.17, 15) is 4.79 Å². The van der Waals surface area contributed by atoms with Crippen molar-refractivity contribution in [1.29, 1.82) is 0 Å². The Morgan fingerprint density at radius 3 is 2.85 bits per heavy atom. The maximum absolute atomic E-state index is 13.2. The number of carbonyl (C=O) groups excluding carboxylic acids is 1. The van der Waals surface area contributed by atoms with Crippen LogP contribution in [0.3, 0.4) is 0 Å². The second-order valence-electron chi connectivity index (χ2n) is 7.11. The molecule has 2 aromatic rings. The van der Waals surface area contributed by atoms with Crippen molar-refractivity contribution in [3.8, 4) is 5.75 Å². The first kappa shape index (κ1) is 17.1. The molecule has 1 aromatic carbocycles. The molecule has 0 aliphatic carbocycles. The highest BCUT2D eigenvalue weighted by Crippen LogP contribution is 2.34. The Morgan fingerprint density at radius 2 is 2.04 bits per heavy atom. The molecule has 26 heavy (non-hydrogen) atoms. The number of imidazole rings is 1. The smallest absolute Gasteiger partial charge is 0.237 e. The van der Waals surface area contributed by atoms with Crippen molar-refractivity contribution in [3.05, 3.63) is 48.0 Å². The van der Waals surface area contributed by atoms with Crippen LogP contribution in [-0.2, 0) is 17.9 Å². The van der Waals surface area contributed by atoms with E-state index in [0.29, 0.717) is 19.6 Å². The lowest BCUT2D eigenvalue weighted by Crippen LogP contribution is -2.46. The van der Waals surface area contributed by atoms with Crippen molar-refractivity contribution in [1.82, 2.24) is 19.4 Å². The van der Waals surface area contributed by atoms with E-state index in [1.807, 2.05) is 35.5 Å². The van der Waals surface area contributed by atoms with Crippen LogP contribution in [0.25, 0.3) is 0 Å². The number of nitrogens with zero attached hydrogens (tertiary/aromatic N) is 4. The number of hydrogen-bond acceptors (Lipinski definition) is 4. The van der Waals surface area contributed by atoms with Crippen molar-refractivity contribution < 1.29 is 9.53 Å². The van der Waals surface area contributed by atoms with E-state index in [1.54, 1.807) is 7.11 Å². The molecule has 6 nitrogen and oxygen atoms in total. The number of rotatable bonds is 4. The lowest BCUT2D eigenvalue weighted by atomic mass is 10.0. The molecule has 138 valence electrons. The maximum atomic E-state index is 13.2. The molecule has 1 aromatic heterocycles. The Labute approximate surface area is 154 Å². The van der Waals surface area contributed by atoms with Gasteiger partial charge in [0.2, 0.25) is 5.91 Å². The van der Waals surface area contributed by atoms with Crippen LogP contribution in [0.15, 0.2) is 36.7 Å². The van der Waals surface area contributed by atoms with Crippen LogP contribution in [0.2, 0.25) is 0 Å². The van der Waals surface area contributed by atoms with Gasteiger partial charge in [0.25, 0.3) is 0 Å². The predicted octanol–water partition coefficient (Wildman–Crippen LogP) is 2.46. The van der Waals surface area contributed by atoms with Crippen molar-refractivity contribution in [2.45, 2.75) is 38.4 Å². The number of benzene rings is 1. The summed E-state index contributed by atoms with van der Waals surface area (Å²) in [6.07, 6.45) is 7.45. The summed E-state index contributed by atoms with van der Waals surface area (Å²) in [5, 5.41) is 0. The molecule has 2 aliphatic rings. The Balaban J connectivity index is 1.62. The number of amides is 1. The van der Waals surface area contributed by atoms with E-state index in [1.165, 1.54) is 19.3 Å². The number of fused-ring (bicyclic) bond motifs is 1. The molecule has 4 rings (SSSR count). The molecule has 0 spiro atoms. The van der Waals surface area contributed by atoms with E-state index >= 15 is 0 Å². The number of piperidine rings is 1. The standard InChI is InChI=1S/C20H26N4O2/c1-26-18-8-4-3-7-16(18)17-13-23-12-9-21-19(23)14-24(17)20(25)15-22-10-5-2-6-11-22/h3-4,7-9,12,17H,2,5-6,10-11,13-15H2,1H3. The second kappa shape index (κ2) is 7.50. The highest BCUT2D eigenvalue weighted by molar-refractivity contribution is 5.79. The maximum Gasteiger partial charge on any atom is 0.237 e. The largest absolute Gasteiger partial charge is 0.496 e. The molecule has 1 atom stereocenters. The predicted molar refractivity (Wildman–Crippen MR) is 98.8 cm³/mol. The number of likely N-dealkylation sites (tertiary alicyclic amines) is 1. The Bertz CT molecular complexity index is 767. The Hall–Kier alpha value is -2.34. The summed E-state index contributed by atoms with van der Waals surface area (Å²) in [6.45, 7) is 3.79. The van der Waals surface area contributed by atoms with E-state index < -0.39 is 0 Å². The highest BCUT2D eigenvalue weighted by Gasteiger charge is 2.33. The van der Waals surface area contributed by atoms with Crippen LogP contribution >= 0.6 is 0 Å². The molecule has 0 radical (unpaired) electrons. The lowest BCUT2D eigenvalue weighted by molar-refractivity contribution is -0.137. The van der Waals surface area contributed by atoms with Gasteiger partial charge in [-0.15, -0.1) is 0 Å². The third kappa shape index (κ3) is 3.33. The van der Waals surface area contributed by atoms with Gasteiger partial charge >= 0.3 is 0 Å². The van der Waals surface area contributed by atoms with Crippen LogP contribution in [0, 0.1) is 0 Å². The highest BCUT2D eigenvalue weighted by atomic mass is 16.5. The average molecular weight is 354 g/mol. The van der Waals surface area contributed by atoms with E-state index in [0.717, 1.165) is 30.2 Å². The van der Waals surface area contributed by atoms with Gasteiger partial charge in [0.05, 0.1) is 26.2 Å². The van der Waals surface area contributed by atoms with Crippen LogP contribution in [0.4, 0.5) is 0 Å². The summed E-state index contributed by atoms with van der Waals surface area (Å²) in [5.41, 5.74) is 1.06. The van der Waals surface area contributed by atoms with E-state index in [4.69, 9.17) is 4.74 Å². The van der Waals surface area contributed by atoms with Crippen molar-refractivity contribution in [2.75, 3.05) is 26.7 Å². The summed E-state index contributed by atoms with van der Waals surface area (Å²) < 4.78 is 7.71. The average Bonchev–Trinajstić information content (AvgIpc) is 3.15. The van der Waals surface area contributed by atoms with E-state index in [-0.39, 0.29) is 11.9 Å². The van der Waals surface area contributed by atoms with Crippen LogP contribution < -0.4 is 4.74 Å². The van der Waals surface area contributed by atoms with Gasteiger partial charge in [-0.25, -0.2) is 4.98 Å². The molecule has 1 fully saturated rings. The first-order valence-electron chi connectivity index (χ1n) is 9.41. The van der Waals surface area contributed by atoms with Gasteiger partial charge in [-0.3, -0.25) is 9.69 Å². The number of para-hydroxylation sites is 1. The fraction of sp³-hybridized carbons (Fsp3) is 0.500. The molecule has 1 unspecified atom stereocenters. The minimum absolute atomic E-state index is 0.0369. The monoisotopic (exact) mass is 354 g/mol. The zero-order chi connectivity index (χ0) is 17.9. The zero-order valence-corrected chi connectivity index (χ0v) is 15.3. The van der Waals surface area contributed by atoms with Crippen LogP contribution in [-0.4, -0.2) is 52.0 Å². The zero-order valence-electron chi connectivity index (χ0n) is 15.3. The third-order valence-corrected chi connectivity index (χ3v) is 5.49. The first-order valence-corrected chi connectivity index (χ1v) is 9.41. The molecule has 2 aliphatic heterocycles. The topological polar surface area (TPSA) is 50.6 Å². The molecule has 1 amide bonds. The van der Waals surface area contributed by atoms with Gasteiger partial charge in [0.15, 0.2) is 0 Å². The van der Waals surface area contributed by atoms with Crippen molar-refractivity contribution in [3.63, 3.8) is 0 Å². The van der Waals surface area contributed by atoms with Gasteiger partial charge in [-0.05, 0) is 32.0 Å². The fourth-order valence-corrected chi connectivity index (χ4v) is 4.07. The van der Waals surface area contributed by atoms with E-state index in [2.05, 4.69) is 20.5 Å². The molecule has 3 heterocycles. The fourth-order valence-electron chi connectivity index (χ4n) is 4.07. The van der Waals surface area contributed by atoms with Crippen LogP contribution in [0.5, 0.6) is 5.75 Å². The van der Waals surface area contributed by atoms with Gasteiger partial charge in [0.1, 0.15) is 11.6 Å². The molecule has 1 saturated heterocycles. The molecule has 0 saturated carbocycles. The second-order valence-corrected chi connectivity index (χ2v) is 7.11. The Morgan fingerprint density at radius 1 is 1.23 bits per heavy atom. The first-order chi connectivity index (χ1) is 12.8. The summed E-state index contributed by atoms with van der Waals surface area (Å²) >= 11 is 0. The van der Waals surface area contributed by atoms with Gasteiger partial charge in [-0.1, -0.05) is 24.6 Å². The quantitative estimate of drug-likeness (QED) is 0.846. The number of ether oxygens (including phenoxy) is 1. The SMILES string of the molecule is COc1ccccc1C1Cn2ccnc2CN1C(=O)CN1CCCCC1. The van der Waals surface area contributed by atoms with Gasteiger partial charge in [0, 0.05) is 24.5 Å². The normalized spacial score (nSPS) is 20.7. The number of hydrogen-bond donors (Lipinski definition) is 0. The van der Waals surface area contributed by atoms with Crippen molar-refractivity contribution in [2.24, 2.45) is 0 Å². The Kier molecular flexibility index (Phi) is 4.93. The molecule has 0 N–H and O–H groups in total. The van der Waals surface area contributed by atoms with Gasteiger partial charge < -0.3 is 14.2 Å². The molecular formula is C20H26N4O2. The molecule has 6 heteroatoms. The summed E-state index contributed by atoms with van der Waals surface area (Å²) in [7, 11) is 1.68. The minimum Gasteiger partial charge on any atom is -0.496 e. The summed E-state index contributed by atoms with van der Waals surface area (Å²) in [6, 6.07) is 7.96. The van der Waals surface area contributed by atoms with Crippen molar-refractivity contribution >= 4 is 5.91 Å². The minimum atomic E-state index is -0.0369. The van der Waals surface area contributed by atoms with Crippen LogP contribution in [0.1, 0.15) is 36.7 Å². The molecule has 0 bridgehead atoms. The summed E-state index contributed by atoms with van der Waals surface area (Å²) in [5.74, 6) is 1.96. The number of aromatic nitrogens is 2.